The van der Waals surface area contributed by atoms with Crippen molar-refractivity contribution in [2.45, 2.75) is 6.17 Å². The van der Waals surface area contributed by atoms with Crippen molar-refractivity contribution in [1.82, 2.24) is 10.3 Å². The molecule has 37 heavy (non-hydrogen) atoms. The number of fused-ring (bicyclic) bond motifs is 2. The van der Waals surface area contributed by atoms with Crippen LogP contribution < -0.4 is 10.2 Å². The molecule has 4 aromatic rings. The first-order valence-corrected chi connectivity index (χ1v) is 11.7. The molecule has 0 saturated heterocycles. The van der Waals surface area contributed by atoms with Gasteiger partial charge in [-0.3, -0.25) is 9.59 Å². The van der Waals surface area contributed by atoms with Crippen LogP contribution in [0.1, 0.15) is 21.6 Å². The Balaban J connectivity index is 1.56. The average molecular weight is 493 g/mol. The molecule has 184 valence electrons. The van der Waals surface area contributed by atoms with E-state index in [1.54, 1.807) is 12.1 Å². The Bertz CT molecular complexity index is 1500. The highest BCUT2D eigenvalue weighted by atomic mass is 16.5. The molecule has 3 aromatic carbocycles. The number of hydrogen-bond acceptors (Lipinski definition) is 5. The van der Waals surface area contributed by atoms with E-state index in [-0.39, 0.29) is 6.54 Å². The number of esters is 1. The van der Waals surface area contributed by atoms with Gasteiger partial charge in [-0.25, -0.2) is 9.79 Å². The number of benzene rings is 3. The number of anilines is 1. The molecule has 0 radical (unpaired) electrons. The summed E-state index contributed by atoms with van der Waals surface area (Å²) >= 11 is 0. The first kappa shape index (κ1) is 23.7. The maximum absolute atomic E-state index is 13.8. The van der Waals surface area contributed by atoms with E-state index < -0.39 is 23.9 Å². The van der Waals surface area contributed by atoms with E-state index >= 15 is 0 Å². The zero-order valence-electron chi connectivity index (χ0n) is 20.0. The summed E-state index contributed by atoms with van der Waals surface area (Å²) in [5.74, 6) is -1.42. The van der Waals surface area contributed by atoms with Crippen molar-refractivity contribution in [3.05, 3.63) is 114 Å². The van der Waals surface area contributed by atoms with E-state index in [2.05, 4.69) is 15.0 Å². The maximum atomic E-state index is 13.8. The number of amides is 2. The standard InChI is InChI=1S/C29H24N4O4/c1-37-25(34)16-9-17-33-24-15-8-6-13-21(24)26(19-10-3-2-4-11-19)31-27(29(33)36)32-28(35)23-18-20-12-5-7-14-22(20)30-23/h2-16,18,27,30H,17H2,1H3,(H,32,35)/b16-9-. The fourth-order valence-electron chi connectivity index (χ4n) is 4.26. The molecule has 8 nitrogen and oxygen atoms in total. The molecule has 1 aliphatic rings. The van der Waals surface area contributed by atoms with Crippen LogP contribution in [0.3, 0.4) is 0 Å². The second-order valence-electron chi connectivity index (χ2n) is 8.38. The molecule has 5 rings (SSSR count). The summed E-state index contributed by atoms with van der Waals surface area (Å²) < 4.78 is 4.67. The normalized spacial score (nSPS) is 15.3. The van der Waals surface area contributed by atoms with Crippen LogP contribution in [0.5, 0.6) is 0 Å². The first-order valence-electron chi connectivity index (χ1n) is 11.7. The van der Waals surface area contributed by atoms with E-state index in [9.17, 15) is 14.4 Å². The molecule has 0 fully saturated rings. The molecular formula is C29H24N4O4. The first-order chi connectivity index (χ1) is 18.0. The zero-order valence-corrected chi connectivity index (χ0v) is 20.0. The van der Waals surface area contributed by atoms with Gasteiger partial charge < -0.3 is 19.9 Å². The number of aliphatic imine (C=N–C) groups is 1. The van der Waals surface area contributed by atoms with Crippen LogP contribution in [0.2, 0.25) is 0 Å². The Hall–Kier alpha value is -4.98. The number of hydrogen-bond donors (Lipinski definition) is 2. The SMILES string of the molecule is COC(=O)/C=C\CN1C(=O)C(NC(=O)c2cc3ccccc3[nH]2)N=C(c2ccccc2)c2ccccc21. The van der Waals surface area contributed by atoms with Crippen LogP contribution in [0.25, 0.3) is 10.9 Å². The number of rotatable bonds is 6. The summed E-state index contributed by atoms with van der Waals surface area (Å²) in [6.45, 7) is 0.0846. The van der Waals surface area contributed by atoms with Gasteiger partial charge in [0.1, 0.15) is 5.69 Å². The predicted molar refractivity (Wildman–Crippen MR) is 142 cm³/mol. The lowest BCUT2D eigenvalue weighted by molar-refractivity contribution is -0.134. The van der Waals surface area contributed by atoms with Crippen molar-refractivity contribution in [1.29, 1.82) is 0 Å². The molecule has 2 N–H and O–H groups in total. The van der Waals surface area contributed by atoms with Gasteiger partial charge in [0.25, 0.3) is 11.8 Å². The number of carbonyl (C=O) groups is 3. The summed E-state index contributed by atoms with van der Waals surface area (Å²) in [4.78, 5) is 48.0. The molecule has 0 aliphatic carbocycles. The summed E-state index contributed by atoms with van der Waals surface area (Å²) in [6, 6.07) is 26.2. The van der Waals surface area contributed by atoms with Gasteiger partial charge >= 0.3 is 5.97 Å². The van der Waals surface area contributed by atoms with Gasteiger partial charge in [-0.15, -0.1) is 0 Å². The topological polar surface area (TPSA) is 104 Å². The summed E-state index contributed by atoms with van der Waals surface area (Å²) in [5.41, 5.74) is 3.87. The predicted octanol–water partition coefficient (Wildman–Crippen LogP) is 3.84. The van der Waals surface area contributed by atoms with Crippen LogP contribution in [0.4, 0.5) is 5.69 Å². The molecule has 0 saturated carbocycles. The lowest BCUT2D eigenvalue weighted by atomic mass is 10.0. The number of aromatic nitrogens is 1. The number of nitrogens with zero attached hydrogens (tertiary/aromatic N) is 2. The van der Waals surface area contributed by atoms with Gasteiger partial charge in [-0.2, -0.15) is 0 Å². The molecule has 1 aliphatic heterocycles. The Morgan fingerprint density at radius 3 is 2.54 bits per heavy atom. The lowest BCUT2D eigenvalue weighted by Crippen LogP contribution is -2.47. The van der Waals surface area contributed by atoms with Gasteiger partial charge in [0.05, 0.1) is 18.5 Å². The number of H-pyrrole nitrogens is 1. The van der Waals surface area contributed by atoms with E-state index in [0.717, 1.165) is 22.0 Å². The molecule has 8 heteroatoms. The van der Waals surface area contributed by atoms with Crippen molar-refractivity contribution in [3.63, 3.8) is 0 Å². The Morgan fingerprint density at radius 1 is 1.03 bits per heavy atom. The minimum Gasteiger partial charge on any atom is -0.466 e. The van der Waals surface area contributed by atoms with Crippen molar-refractivity contribution >= 4 is 40.1 Å². The quantitative estimate of drug-likeness (QED) is 0.315. The van der Waals surface area contributed by atoms with Gasteiger partial charge in [0.2, 0.25) is 6.17 Å². The van der Waals surface area contributed by atoms with Gasteiger partial charge in [0.15, 0.2) is 0 Å². The number of ether oxygens (including phenoxy) is 1. The highest BCUT2D eigenvalue weighted by Gasteiger charge is 2.33. The number of methoxy groups -OCH3 is 1. The van der Waals surface area contributed by atoms with Gasteiger partial charge in [-0.1, -0.05) is 72.8 Å². The van der Waals surface area contributed by atoms with Crippen LogP contribution in [-0.2, 0) is 14.3 Å². The maximum Gasteiger partial charge on any atom is 0.330 e. The summed E-state index contributed by atoms with van der Waals surface area (Å²) in [7, 11) is 1.29. The Labute approximate surface area is 213 Å². The third-order valence-electron chi connectivity index (χ3n) is 6.04. The molecule has 1 aromatic heterocycles. The van der Waals surface area contributed by atoms with Gasteiger partial charge in [0, 0.05) is 34.7 Å². The highest BCUT2D eigenvalue weighted by molar-refractivity contribution is 6.20. The minimum atomic E-state index is -1.20. The Kier molecular flexibility index (Phi) is 6.63. The molecule has 1 unspecified atom stereocenters. The zero-order chi connectivity index (χ0) is 25.8. The summed E-state index contributed by atoms with van der Waals surface area (Å²) in [5, 5.41) is 3.68. The third-order valence-corrected chi connectivity index (χ3v) is 6.04. The van der Waals surface area contributed by atoms with Crippen LogP contribution in [-0.4, -0.2) is 48.3 Å². The number of nitrogens with one attached hydrogen (secondary N) is 2. The van der Waals surface area contributed by atoms with E-state index in [4.69, 9.17) is 4.99 Å². The monoisotopic (exact) mass is 492 g/mol. The van der Waals surface area contributed by atoms with Crippen LogP contribution in [0.15, 0.2) is 102 Å². The van der Waals surface area contributed by atoms with Crippen LogP contribution in [0, 0.1) is 0 Å². The molecule has 1 atom stereocenters. The Morgan fingerprint density at radius 2 is 1.76 bits per heavy atom. The van der Waals surface area contributed by atoms with Crippen molar-refractivity contribution < 1.29 is 19.1 Å². The fourth-order valence-corrected chi connectivity index (χ4v) is 4.26. The lowest BCUT2D eigenvalue weighted by Gasteiger charge is -2.24. The largest absolute Gasteiger partial charge is 0.466 e. The summed E-state index contributed by atoms with van der Waals surface area (Å²) in [6.07, 6.45) is 1.61. The van der Waals surface area contributed by atoms with E-state index in [1.165, 1.54) is 18.1 Å². The number of para-hydroxylation sites is 2. The molecular weight excluding hydrogens is 468 g/mol. The van der Waals surface area contributed by atoms with E-state index in [1.807, 2.05) is 78.9 Å². The van der Waals surface area contributed by atoms with Crippen molar-refractivity contribution in [2.75, 3.05) is 18.6 Å². The van der Waals surface area contributed by atoms with E-state index in [0.29, 0.717) is 17.1 Å². The third kappa shape index (κ3) is 4.90. The number of carbonyl (C=O) groups excluding carboxylic acids is 3. The second kappa shape index (κ2) is 10.3. The molecule has 0 spiro atoms. The number of benzodiazepines with no additional fused rings is 1. The second-order valence-corrected chi connectivity index (χ2v) is 8.38. The number of aromatic amines is 1. The molecule has 0 bridgehead atoms. The molecule has 2 heterocycles. The van der Waals surface area contributed by atoms with Crippen molar-refractivity contribution in [2.24, 2.45) is 4.99 Å². The minimum absolute atomic E-state index is 0.0846. The van der Waals surface area contributed by atoms with Crippen molar-refractivity contribution in [3.8, 4) is 0 Å². The smallest absolute Gasteiger partial charge is 0.330 e. The van der Waals surface area contributed by atoms with Gasteiger partial charge in [-0.05, 0) is 18.2 Å². The van der Waals surface area contributed by atoms with Crippen LogP contribution >= 0.6 is 0 Å². The fraction of sp³-hybridized carbons (Fsp3) is 0.103. The average Bonchev–Trinajstić information content (AvgIpc) is 3.34. The highest BCUT2D eigenvalue weighted by Crippen LogP contribution is 2.28. The molecule has 2 amide bonds.